The van der Waals surface area contributed by atoms with Gasteiger partial charge in [-0.05, 0) is 38.5 Å². The summed E-state index contributed by atoms with van der Waals surface area (Å²) in [4.78, 5) is 23.0. The summed E-state index contributed by atoms with van der Waals surface area (Å²) < 4.78 is 1.39. The first-order valence-electron chi connectivity index (χ1n) is 7.05. The van der Waals surface area contributed by atoms with Gasteiger partial charge in [-0.1, -0.05) is 6.92 Å². The van der Waals surface area contributed by atoms with Crippen LogP contribution in [-0.4, -0.2) is 32.8 Å². The number of rotatable bonds is 4. The highest BCUT2D eigenvalue weighted by Crippen LogP contribution is 2.23. The lowest BCUT2D eigenvalue weighted by atomic mass is 9.87. The van der Waals surface area contributed by atoms with Gasteiger partial charge >= 0.3 is 5.97 Å². The molecule has 1 amide bonds. The van der Waals surface area contributed by atoms with Crippen LogP contribution in [-0.2, 0) is 4.79 Å². The number of carboxylic acids is 1. The number of nitrogens with zero attached hydrogens (tertiary/aromatic N) is 2. The molecule has 110 valence electrons. The van der Waals surface area contributed by atoms with Crippen LogP contribution in [0.5, 0.6) is 0 Å². The molecule has 1 aliphatic rings. The van der Waals surface area contributed by atoms with Gasteiger partial charge in [-0.25, -0.2) is 4.79 Å². The summed E-state index contributed by atoms with van der Waals surface area (Å²) in [7, 11) is 0. The molecule has 1 aromatic heterocycles. The van der Waals surface area contributed by atoms with Crippen molar-refractivity contribution in [2.45, 2.75) is 51.6 Å². The Bertz CT molecular complexity index is 490. The minimum Gasteiger partial charge on any atom is -0.478 e. The van der Waals surface area contributed by atoms with E-state index >= 15 is 0 Å². The van der Waals surface area contributed by atoms with Gasteiger partial charge in [-0.3, -0.25) is 9.48 Å². The molecule has 1 atom stereocenters. The van der Waals surface area contributed by atoms with Crippen molar-refractivity contribution in [2.75, 3.05) is 0 Å². The third kappa shape index (κ3) is 3.37. The van der Waals surface area contributed by atoms with E-state index in [0.29, 0.717) is 0 Å². The highest BCUT2D eigenvalue weighted by molar-refractivity contribution is 5.87. The smallest absolute Gasteiger partial charge is 0.338 e. The first-order valence-corrected chi connectivity index (χ1v) is 7.05. The SMILES string of the molecule is CC1CCC(NC(=O)C(C)n2cc(C(=O)O)cn2)CC1. The van der Waals surface area contributed by atoms with E-state index in [4.69, 9.17) is 5.11 Å². The summed E-state index contributed by atoms with van der Waals surface area (Å²) in [5.74, 6) is -0.403. The van der Waals surface area contributed by atoms with E-state index in [2.05, 4.69) is 17.3 Å². The quantitative estimate of drug-likeness (QED) is 0.880. The van der Waals surface area contributed by atoms with Crippen LogP contribution in [0.3, 0.4) is 0 Å². The molecule has 0 bridgehead atoms. The summed E-state index contributed by atoms with van der Waals surface area (Å²) in [6, 6.07) is -0.266. The second-order valence-corrected chi connectivity index (χ2v) is 5.66. The van der Waals surface area contributed by atoms with Crippen LogP contribution in [0.15, 0.2) is 12.4 Å². The first kappa shape index (κ1) is 14.6. The maximum Gasteiger partial charge on any atom is 0.338 e. The van der Waals surface area contributed by atoms with Crippen molar-refractivity contribution in [3.05, 3.63) is 18.0 Å². The maximum absolute atomic E-state index is 12.2. The Kier molecular flexibility index (Phi) is 4.42. The van der Waals surface area contributed by atoms with E-state index in [1.54, 1.807) is 6.92 Å². The molecule has 0 aliphatic heterocycles. The third-order valence-electron chi connectivity index (χ3n) is 3.99. The summed E-state index contributed by atoms with van der Waals surface area (Å²) in [5, 5.41) is 15.8. The van der Waals surface area contributed by atoms with Crippen LogP contribution in [0.4, 0.5) is 0 Å². The van der Waals surface area contributed by atoms with Crippen LogP contribution in [0.2, 0.25) is 0 Å². The highest BCUT2D eigenvalue weighted by atomic mass is 16.4. The lowest BCUT2D eigenvalue weighted by molar-refractivity contribution is -0.125. The van der Waals surface area contributed by atoms with E-state index in [-0.39, 0.29) is 17.5 Å². The minimum absolute atomic E-state index is 0.0936. The lowest BCUT2D eigenvalue weighted by Gasteiger charge is -2.28. The number of hydrogen-bond acceptors (Lipinski definition) is 3. The molecule has 1 unspecified atom stereocenters. The Morgan fingerprint density at radius 3 is 2.60 bits per heavy atom. The second-order valence-electron chi connectivity index (χ2n) is 5.66. The molecule has 1 fully saturated rings. The Balaban J connectivity index is 1.92. The van der Waals surface area contributed by atoms with Crippen LogP contribution < -0.4 is 5.32 Å². The Morgan fingerprint density at radius 2 is 2.05 bits per heavy atom. The van der Waals surface area contributed by atoms with E-state index in [0.717, 1.165) is 31.6 Å². The standard InChI is InChI=1S/C14H21N3O3/c1-9-3-5-12(6-4-9)16-13(18)10(2)17-8-11(7-15-17)14(19)20/h7-10,12H,3-6H2,1-2H3,(H,16,18)(H,19,20). The van der Waals surface area contributed by atoms with Gasteiger partial charge in [-0.15, -0.1) is 0 Å². The Morgan fingerprint density at radius 1 is 1.40 bits per heavy atom. The fraction of sp³-hybridized carbons (Fsp3) is 0.643. The minimum atomic E-state index is -1.04. The second kappa shape index (κ2) is 6.07. The molecule has 1 saturated carbocycles. The predicted octanol–water partition coefficient (Wildman–Crippen LogP) is 1.84. The first-order chi connectivity index (χ1) is 9.47. The van der Waals surface area contributed by atoms with Crippen molar-refractivity contribution in [2.24, 2.45) is 5.92 Å². The van der Waals surface area contributed by atoms with E-state index < -0.39 is 12.0 Å². The van der Waals surface area contributed by atoms with E-state index in [1.807, 2.05) is 0 Å². The molecular formula is C14H21N3O3. The normalized spacial score (nSPS) is 24.1. The molecule has 2 N–H and O–H groups in total. The van der Waals surface area contributed by atoms with Gasteiger partial charge in [-0.2, -0.15) is 5.10 Å². The summed E-state index contributed by atoms with van der Waals surface area (Å²) >= 11 is 0. The molecular weight excluding hydrogens is 258 g/mol. The molecule has 0 spiro atoms. The van der Waals surface area contributed by atoms with Crippen LogP contribution in [0, 0.1) is 5.92 Å². The maximum atomic E-state index is 12.2. The molecule has 1 aliphatic carbocycles. The van der Waals surface area contributed by atoms with Gasteiger partial charge in [0.25, 0.3) is 0 Å². The molecule has 1 aromatic rings. The fourth-order valence-corrected chi connectivity index (χ4v) is 2.51. The van der Waals surface area contributed by atoms with Crippen molar-refractivity contribution < 1.29 is 14.7 Å². The average Bonchev–Trinajstić information content (AvgIpc) is 2.90. The number of hydrogen-bond donors (Lipinski definition) is 2. The number of carbonyl (C=O) groups excluding carboxylic acids is 1. The lowest BCUT2D eigenvalue weighted by Crippen LogP contribution is -2.40. The zero-order valence-corrected chi connectivity index (χ0v) is 11.9. The van der Waals surface area contributed by atoms with Crippen molar-refractivity contribution in [3.63, 3.8) is 0 Å². The van der Waals surface area contributed by atoms with Crippen LogP contribution in [0.1, 0.15) is 55.9 Å². The van der Waals surface area contributed by atoms with Gasteiger partial charge in [0.15, 0.2) is 0 Å². The molecule has 0 aromatic carbocycles. The topological polar surface area (TPSA) is 84.2 Å². The monoisotopic (exact) mass is 279 g/mol. The molecule has 6 nitrogen and oxygen atoms in total. The summed E-state index contributed by atoms with van der Waals surface area (Å²) in [6.07, 6.45) is 6.96. The number of aromatic carboxylic acids is 1. The van der Waals surface area contributed by atoms with Crippen molar-refractivity contribution in [1.82, 2.24) is 15.1 Å². The fourth-order valence-electron chi connectivity index (χ4n) is 2.51. The molecule has 0 saturated heterocycles. The summed E-state index contributed by atoms with van der Waals surface area (Å²) in [6.45, 7) is 3.96. The van der Waals surface area contributed by atoms with E-state index in [9.17, 15) is 9.59 Å². The molecule has 1 heterocycles. The number of carbonyl (C=O) groups is 2. The molecule has 20 heavy (non-hydrogen) atoms. The van der Waals surface area contributed by atoms with Crippen molar-refractivity contribution in [1.29, 1.82) is 0 Å². The van der Waals surface area contributed by atoms with Gasteiger partial charge < -0.3 is 10.4 Å². The zero-order chi connectivity index (χ0) is 14.7. The van der Waals surface area contributed by atoms with Crippen LogP contribution in [0.25, 0.3) is 0 Å². The zero-order valence-electron chi connectivity index (χ0n) is 11.9. The van der Waals surface area contributed by atoms with Gasteiger partial charge in [0, 0.05) is 12.2 Å². The number of carboxylic acid groups (broad SMARTS) is 1. The highest BCUT2D eigenvalue weighted by Gasteiger charge is 2.23. The van der Waals surface area contributed by atoms with Crippen LogP contribution >= 0.6 is 0 Å². The van der Waals surface area contributed by atoms with Gasteiger partial charge in [0.05, 0.1) is 11.8 Å². The molecule has 0 radical (unpaired) electrons. The number of nitrogens with one attached hydrogen (secondary N) is 1. The van der Waals surface area contributed by atoms with Gasteiger partial charge in [0.2, 0.25) is 5.91 Å². The predicted molar refractivity (Wildman–Crippen MR) is 73.5 cm³/mol. The summed E-state index contributed by atoms with van der Waals surface area (Å²) in [5.41, 5.74) is 0.0936. The van der Waals surface area contributed by atoms with Crippen molar-refractivity contribution in [3.8, 4) is 0 Å². The number of amides is 1. The largest absolute Gasteiger partial charge is 0.478 e. The molecule has 6 heteroatoms. The van der Waals surface area contributed by atoms with Crippen molar-refractivity contribution >= 4 is 11.9 Å². The van der Waals surface area contributed by atoms with Gasteiger partial charge in [0.1, 0.15) is 6.04 Å². The number of aromatic nitrogens is 2. The average molecular weight is 279 g/mol. The Labute approximate surface area is 118 Å². The molecule has 2 rings (SSSR count). The van der Waals surface area contributed by atoms with E-state index in [1.165, 1.54) is 17.1 Å². The third-order valence-corrected chi connectivity index (χ3v) is 3.99. The Hall–Kier alpha value is -1.85.